The van der Waals surface area contributed by atoms with Crippen molar-refractivity contribution in [3.63, 3.8) is 0 Å². The monoisotopic (exact) mass is 692 g/mol. The molecule has 3 saturated heterocycles. The molecule has 0 bridgehead atoms. The molecular weight excluding hydrogens is 644 g/mol. The first-order valence-corrected chi connectivity index (χ1v) is 17.0. The van der Waals surface area contributed by atoms with Crippen LogP contribution < -0.4 is 0 Å². The van der Waals surface area contributed by atoms with Crippen LogP contribution in [-0.4, -0.2) is 110 Å². The van der Waals surface area contributed by atoms with Gasteiger partial charge in [-0.25, -0.2) is 4.79 Å². The van der Waals surface area contributed by atoms with Gasteiger partial charge in [-0.15, -0.1) is 0 Å². The first kappa shape index (κ1) is 35.9. The highest BCUT2D eigenvalue weighted by atomic mass is 16.6. The molecule has 1 unspecified atom stereocenters. The van der Waals surface area contributed by atoms with E-state index >= 15 is 0 Å². The van der Waals surface area contributed by atoms with E-state index in [4.69, 9.17) is 23.4 Å². The van der Waals surface area contributed by atoms with Crippen LogP contribution >= 0.6 is 0 Å². The van der Waals surface area contributed by atoms with Gasteiger partial charge in [0.15, 0.2) is 6.10 Å². The molecule has 14 atom stereocenters. The first-order chi connectivity index (χ1) is 22.8. The second kappa shape index (κ2) is 11.8. The molecule has 14 heteroatoms. The van der Waals surface area contributed by atoms with E-state index in [1.807, 2.05) is 13.8 Å². The normalized spacial score (nSPS) is 46.5. The number of fused-ring (bicyclic) bond motifs is 4. The van der Waals surface area contributed by atoms with Crippen LogP contribution in [0.1, 0.15) is 85.1 Å². The molecule has 272 valence electrons. The third kappa shape index (κ3) is 4.95. The molecule has 1 aromatic rings. The van der Waals surface area contributed by atoms with Crippen molar-refractivity contribution < 1.29 is 68.1 Å². The number of rotatable bonds is 7. The number of ether oxygens (including phenoxy) is 4. The molecule has 0 amide bonds. The van der Waals surface area contributed by atoms with Crippen LogP contribution in [0.5, 0.6) is 0 Å². The minimum Gasteiger partial charge on any atom is -0.479 e. The molecule has 1 aromatic heterocycles. The van der Waals surface area contributed by atoms with Gasteiger partial charge in [-0.3, -0.25) is 14.4 Å². The Labute approximate surface area is 284 Å². The van der Waals surface area contributed by atoms with Crippen molar-refractivity contribution in [2.24, 2.45) is 28.1 Å². The molecule has 6 rings (SSSR count). The molecule has 0 radical (unpaired) electrons. The first-order valence-electron chi connectivity index (χ1n) is 17.0. The van der Waals surface area contributed by atoms with E-state index in [0.29, 0.717) is 18.4 Å². The van der Waals surface area contributed by atoms with E-state index in [-0.39, 0.29) is 25.0 Å². The number of cyclic esters (lactones) is 1. The van der Waals surface area contributed by atoms with Gasteiger partial charge in [-0.05, 0) is 63.5 Å². The SMILES string of the molecule is CC(=O)O[C@@H]1CC(=O)OC(C)(C)[C@@H]2CC(=O)[C@]3(C)[C@H](CC[C@@](C)([C@@H](CC4O[C@H](CO)[C@@H](O)[C@H](O)[C@H]4O)c4ccoc4)[C@@]34O[C@H]4C(=O)O)[C@@]12C. The van der Waals surface area contributed by atoms with Crippen LogP contribution in [-0.2, 0) is 38.1 Å². The Kier molecular flexibility index (Phi) is 8.68. The number of hydrogen-bond donors (Lipinski definition) is 5. The highest BCUT2D eigenvalue weighted by molar-refractivity contribution is 5.92. The maximum Gasteiger partial charge on any atom is 0.335 e. The summed E-state index contributed by atoms with van der Waals surface area (Å²) in [6.45, 7) is 9.61. The fraction of sp³-hybridized carbons (Fsp3) is 0.771. The minimum absolute atomic E-state index is 0.0186. The van der Waals surface area contributed by atoms with Crippen molar-refractivity contribution in [1.29, 1.82) is 0 Å². The van der Waals surface area contributed by atoms with Crippen molar-refractivity contribution in [1.82, 2.24) is 0 Å². The molecular formula is C35H48O14. The molecule has 5 N–H and O–H groups in total. The van der Waals surface area contributed by atoms with Crippen molar-refractivity contribution in [2.45, 2.75) is 133 Å². The van der Waals surface area contributed by atoms with Crippen molar-refractivity contribution in [2.75, 3.05) is 6.61 Å². The molecule has 5 aliphatic rings. The molecule has 49 heavy (non-hydrogen) atoms. The van der Waals surface area contributed by atoms with E-state index in [1.54, 1.807) is 26.8 Å². The summed E-state index contributed by atoms with van der Waals surface area (Å²) in [5.41, 5.74) is -5.79. The van der Waals surface area contributed by atoms with Crippen LogP contribution in [0, 0.1) is 28.1 Å². The average Bonchev–Trinajstić information content (AvgIpc) is 3.60. The van der Waals surface area contributed by atoms with E-state index in [0.717, 1.165) is 0 Å². The molecule has 0 aromatic carbocycles. The summed E-state index contributed by atoms with van der Waals surface area (Å²) in [7, 11) is 0. The Morgan fingerprint density at radius 1 is 1.00 bits per heavy atom. The third-order valence-electron chi connectivity index (χ3n) is 13.3. The summed E-state index contributed by atoms with van der Waals surface area (Å²) in [5.74, 6) is -4.58. The zero-order chi connectivity index (χ0) is 36.1. The summed E-state index contributed by atoms with van der Waals surface area (Å²) in [4.78, 5) is 53.5. The topological polar surface area (TPSA) is 223 Å². The number of carbonyl (C=O) groups is 4. The number of carboxylic acid groups (broad SMARTS) is 1. The summed E-state index contributed by atoms with van der Waals surface area (Å²) in [6.07, 6.45) is -6.18. The number of aliphatic carboxylic acids is 1. The lowest BCUT2D eigenvalue weighted by molar-refractivity contribution is -0.238. The summed E-state index contributed by atoms with van der Waals surface area (Å²) < 4.78 is 29.6. The standard InChI is InChI=1S/C35H48O14/c1-16(37)46-24-13-25(39)48-31(2,3)22-12-23(38)34(6)21(33(22,24)5)7-9-32(4,35(34)29(49-35)30(43)44)18(17-8-10-45-15-17)11-19-26(40)28(42)27(41)20(14-36)47-19/h8,10,15,18-22,24,26-29,36,40-42H,7,9,11-14H2,1-6H3,(H,43,44)/t18-,19?,20+,21+,22-,24+,26-,27+,28+,29-,32-,33+,34-,35+/m0/s1. The fourth-order valence-corrected chi connectivity index (χ4v) is 11.0. The minimum atomic E-state index is -1.63. The number of epoxide rings is 1. The van der Waals surface area contributed by atoms with Gasteiger partial charge in [0.1, 0.15) is 47.5 Å². The van der Waals surface area contributed by atoms with E-state index in [1.165, 1.54) is 19.5 Å². The van der Waals surface area contributed by atoms with Gasteiger partial charge in [0, 0.05) is 30.1 Å². The predicted octanol–water partition coefficient (Wildman–Crippen LogP) is 1.49. The molecule has 14 nitrogen and oxygen atoms in total. The summed E-state index contributed by atoms with van der Waals surface area (Å²) in [6, 6.07) is 1.70. The zero-order valence-electron chi connectivity index (χ0n) is 28.7. The Morgan fingerprint density at radius 3 is 2.24 bits per heavy atom. The van der Waals surface area contributed by atoms with E-state index in [9.17, 15) is 44.7 Å². The lowest BCUT2D eigenvalue weighted by Gasteiger charge is -2.66. The zero-order valence-corrected chi connectivity index (χ0v) is 28.7. The van der Waals surface area contributed by atoms with Crippen LogP contribution in [0.4, 0.5) is 0 Å². The summed E-state index contributed by atoms with van der Waals surface area (Å²) >= 11 is 0. The van der Waals surface area contributed by atoms with Gasteiger partial charge in [-0.2, -0.15) is 0 Å². The molecule has 4 heterocycles. The van der Waals surface area contributed by atoms with E-state index < -0.39 is 112 Å². The van der Waals surface area contributed by atoms with Gasteiger partial charge < -0.3 is 48.9 Å². The average molecular weight is 693 g/mol. The third-order valence-corrected chi connectivity index (χ3v) is 13.3. The van der Waals surface area contributed by atoms with Crippen LogP contribution in [0.15, 0.2) is 23.0 Å². The maximum absolute atomic E-state index is 14.9. The Morgan fingerprint density at radius 2 is 1.67 bits per heavy atom. The second-order valence-electron chi connectivity index (χ2n) is 15.9. The van der Waals surface area contributed by atoms with Crippen molar-refractivity contribution >= 4 is 23.7 Å². The lowest BCUT2D eigenvalue weighted by Crippen LogP contribution is -2.72. The summed E-state index contributed by atoms with van der Waals surface area (Å²) in [5, 5.41) is 52.6. The number of aliphatic hydroxyl groups excluding tert-OH is 4. The van der Waals surface area contributed by atoms with Gasteiger partial charge in [0.05, 0.1) is 37.1 Å². The highest BCUT2D eigenvalue weighted by Gasteiger charge is 2.86. The quantitative estimate of drug-likeness (QED) is 0.202. The van der Waals surface area contributed by atoms with Crippen LogP contribution in [0.25, 0.3) is 0 Å². The number of hydrogen-bond acceptors (Lipinski definition) is 13. The van der Waals surface area contributed by atoms with E-state index in [2.05, 4.69) is 0 Å². The van der Waals surface area contributed by atoms with Gasteiger partial charge in [-0.1, -0.05) is 13.8 Å². The Hall–Kier alpha value is -2.88. The number of carboxylic acids is 1. The smallest absolute Gasteiger partial charge is 0.335 e. The van der Waals surface area contributed by atoms with Crippen molar-refractivity contribution in [3.8, 4) is 0 Å². The number of furan rings is 1. The number of ketones is 1. The lowest BCUT2D eigenvalue weighted by atomic mass is 9.36. The molecule has 5 fully saturated rings. The molecule has 2 saturated carbocycles. The number of carbonyl (C=O) groups excluding carboxylic acids is 3. The van der Waals surface area contributed by atoms with Gasteiger partial charge in [0.25, 0.3) is 0 Å². The Balaban J connectivity index is 1.51. The number of Topliss-reactive ketones (excluding diaryl/α,β-unsaturated/α-hetero) is 1. The Bertz CT molecular complexity index is 1490. The number of esters is 2. The predicted molar refractivity (Wildman–Crippen MR) is 166 cm³/mol. The van der Waals surface area contributed by atoms with Crippen molar-refractivity contribution in [3.05, 3.63) is 24.2 Å². The second-order valence-corrected chi connectivity index (χ2v) is 15.9. The molecule has 2 aliphatic carbocycles. The molecule has 1 spiro atoms. The van der Waals surface area contributed by atoms with Gasteiger partial charge in [0.2, 0.25) is 0 Å². The van der Waals surface area contributed by atoms with Gasteiger partial charge >= 0.3 is 17.9 Å². The number of aliphatic hydroxyl groups is 4. The molecule has 3 aliphatic heterocycles. The maximum atomic E-state index is 14.9. The highest BCUT2D eigenvalue weighted by Crippen LogP contribution is 2.77. The largest absolute Gasteiger partial charge is 0.479 e. The van der Waals surface area contributed by atoms with Crippen LogP contribution in [0.2, 0.25) is 0 Å². The fourth-order valence-electron chi connectivity index (χ4n) is 11.0. The van der Waals surface area contributed by atoms with Crippen LogP contribution in [0.3, 0.4) is 0 Å².